The summed E-state index contributed by atoms with van der Waals surface area (Å²) in [5.74, 6) is -0.131. The molecule has 110 valence electrons. The van der Waals surface area contributed by atoms with Crippen LogP contribution in [0.3, 0.4) is 0 Å². The van der Waals surface area contributed by atoms with Gasteiger partial charge < -0.3 is 10.6 Å². The summed E-state index contributed by atoms with van der Waals surface area (Å²) >= 11 is 6.16. The predicted molar refractivity (Wildman–Crippen MR) is 89.0 cm³/mol. The Morgan fingerprint density at radius 3 is 2.38 bits per heavy atom. The van der Waals surface area contributed by atoms with E-state index in [2.05, 4.69) is 42.7 Å². The summed E-state index contributed by atoms with van der Waals surface area (Å²) < 4.78 is 0. The standard InChI is InChI=1S/C17H19ClN2O/c1-11-5-4-6-12(2)15(11)10-19-14-7-8-17(16(18)9-14)20-13(3)21/h4-9,19H,10H2,1-3H3,(H,20,21). The van der Waals surface area contributed by atoms with E-state index in [1.165, 1.54) is 23.6 Å². The van der Waals surface area contributed by atoms with Gasteiger partial charge in [0.05, 0.1) is 10.7 Å². The van der Waals surface area contributed by atoms with Crippen LogP contribution in [0, 0.1) is 13.8 Å². The zero-order valence-electron chi connectivity index (χ0n) is 12.5. The van der Waals surface area contributed by atoms with Crippen LogP contribution in [0.4, 0.5) is 11.4 Å². The first-order valence-electron chi connectivity index (χ1n) is 6.83. The number of hydrogen-bond acceptors (Lipinski definition) is 2. The number of rotatable bonds is 4. The van der Waals surface area contributed by atoms with Gasteiger partial charge in [-0.1, -0.05) is 29.8 Å². The van der Waals surface area contributed by atoms with Crippen molar-refractivity contribution in [2.24, 2.45) is 0 Å². The van der Waals surface area contributed by atoms with E-state index in [0.717, 1.165) is 12.2 Å². The minimum absolute atomic E-state index is 0.131. The second-order valence-corrected chi connectivity index (χ2v) is 5.51. The number of amides is 1. The number of hydrogen-bond donors (Lipinski definition) is 2. The van der Waals surface area contributed by atoms with Crippen molar-refractivity contribution < 1.29 is 4.79 Å². The minimum Gasteiger partial charge on any atom is -0.381 e. The fourth-order valence-corrected chi connectivity index (χ4v) is 2.46. The first-order chi connectivity index (χ1) is 9.97. The van der Waals surface area contributed by atoms with Gasteiger partial charge in [0.1, 0.15) is 0 Å². The number of anilines is 2. The molecular weight excluding hydrogens is 284 g/mol. The van der Waals surface area contributed by atoms with Crippen LogP contribution in [0.25, 0.3) is 0 Å². The van der Waals surface area contributed by atoms with Gasteiger partial charge >= 0.3 is 0 Å². The van der Waals surface area contributed by atoms with Crippen LogP contribution in [0.15, 0.2) is 36.4 Å². The number of carbonyl (C=O) groups is 1. The molecule has 2 N–H and O–H groups in total. The van der Waals surface area contributed by atoms with Crippen molar-refractivity contribution in [1.29, 1.82) is 0 Å². The lowest BCUT2D eigenvalue weighted by Crippen LogP contribution is -2.07. The van der Waals surface area contributed by atoms with E-state index in [0.29, 0.717) is 10.7 Å². The van der Waals surface area contributed by atoms with Crippen LogP contribution in [-0.2, 0) is 11.3 Å². The molecule has 0 aliphatic heterocycles. The van der Waals surface area contributed by atoms with Gasteiger partial charge in [-0.3, -0.25) is 4.79 Å². The number of carbonyl (C=O) groups excluding carboxylic acids is 1. The van der Waals surface area contributed by atoms with E-state index in [1.54, 1.807) is 6.07 Å². The van der Waals surface area contributed by atoms with Crippen LogP contribution < -0.4 is 10.6 Å². The molecule has 0 bridgehead atoms. The Labute approximate surface area is 130 Å². The maximum atomic E-state index is 11.1. The molecule has 0 saturated carbocycles. The predicted octanol–water partition coefficient (Wildman–Crippen LogP) is 4.53. The molecule has 3 nitrogen and oxygen atoms in total. The van der Waals surface area contributed by atoms with Gasteiger partial charge in [0.15, 0.2) is 0 Å². The van der Waals surface area contributed by atoms with Gasteiger partial charge in [0.25, 0.3) is 0 Å². The highest BCUT2D eigenvalue weighted by molar-refractivity contribution is 6.34. The van der Waals surface area contributed by atoms with Crippen molar-refractivity contribution in [3.63, 3.8) is 0 Å². The molecule has 0 spiro atoms. The third kappa shape index (κ3) is 3.99. The molecule has 2 aromatic carbocycles. The third-order valence-electron chi connectivity index (χ3n) is 3.39. The molecule has 4 heteroatoms. The summed E-state index contributed by atoms with van der Waals surface area (Å²) in [5, 5.41) is 6.59. The Hall–Kier alpha value is -2.00. The van der Waals surface area contributed by atoms with Crippen molar-refractivity contribution in [3.8, 4) is 0 Å². The molecule has 1 amide bonds. The quantitative estimate of drug-likeness (QED) is 0.871. The van der Waals surface area contributed by atoms with Crippen molar-refractivity contribution in [3.05, 3.63) is 58.1 Å². The second-order valence-electron chi connectivity index (χ2n) is 5.10. The van der Waals surface area contributed by atoms with Crippen LogP contribution in [0.2, 0.25) is 5.02 Å². The highest BCUT2D eigenvalue weighted by Gasteiger charge is 2.05. The first-order valence-corrected chi connectivity index (χ1v) is 7.21. The van der Waals surface area contributed by atoms with Gasteiger partial charge in [-0.25, -0.2) is 0 Å². The van der Waals surface area contributed by atoms with Gasteiger partial charge in [-0.05, 0) is 48.7 Å². The summed E-state index contributed by atoms with van der Waals surface area (Å²) in [6.45, 7) is 6.42. The maximum Gasteiger partial charge on any atom is 0.221 e. The summed E-state index contributed by atoms with van der Waals surface area (Å²) in [4.78, 5) is 11.1. The van der Waals surface area contributed by atoms with Crippen molar-refractivity contribution in [2.45, 2.75) is 27.3 Å². The van der Waals surface area contributed by atoms with Gasteiger partial charge in [-0.15, -0.1) is 0 Å². The Kier molecular flexibility index (Phi) is 4.86. The Morgan fingerprint density at radius 2 is 1.81 bits per heavy atom. The summed E-state index contributed by atoms with van der Waals surface area (Å²) in [5.41, 5.74) is 5.38. The Balaban J connectivity index is 2.10. The summed E-state index contributed by atoms with van der Waals surface area (Å²) in [6, 6.07) is 11.8. The molecule has 2 rings (SSSR count). The number of benzene rings is 2. The van der Waals surface area contributed by atoms with E-state index in [-0.39, 0.29) is 5.91 Å². The maximum absolute atomic E-state index is 11.1. The van der Waals surface area contributed by atoms with E-state index >= 15 is 0 Å². The summed E-state index contributed by atoms with van der Waals surface area (Å²) in [7, 11) is 0. The molecule has 0 atom stereocenters. The minimum atomic E-state index is -0.131. The fourth-order valence-electron chi connectivity index (χ4n) is 2.23. The molecule has 0 unspecified atom stereocenters. The van der Waals surface area contributed by atoms with Crippen LogP contribution in [0.1, 0.15) is 23.6 Å². The normalized spacial score (nSPS) is 10.3. The van der Waals surface area contributed by atoms with Crippen molar-refractivity contribution in [2.75, 3.05) is 10.6 Å². The molecule has 0 aliphatic carbocycles. The zero-order chi connectivity index (χ0) is 15.4. The lowest BCUT2D eigenvalue weighted by molar-refractivity contribution is -0.114. The molecule has 0 aromatic heterocycles. The van der Waals surface area contributed by atoms with Crippen LogP contribution in [-0.4, -0.2) is 5.91 Å². The monoisotopic (exact) mass is 302 g/mol. The molecule has 0 saturated heterocycles. The van der Waals surface area contributed by atoms with Crippen LogP contribution in [0.5, 0.6) is 0 Å². The average molecular weight is 303 g/mol. The third-order valence-corrected chi connectivity index (χ3v) is 3.71. The highest BCUT2D eigenvalue weighted by atomic mass is 35.5. The molecular formula is C17H19ClN2O. The molecule has 21 heavy (non-hydrogen) atoms. The molecule has 0 radical (unpaired) electrons. The lowest BCUT2D eigenvalue weighted by atomic mass is 10.0. The van der Waals surface area contributed by atoms with E-state index in [9.17, 15) is 4.79 Å². The zero-order valence-corrected chi connectivity index (χ0v) is 13.2. The SMILES string of the molecule is CC(=O)Nc1ccc(NCc2c(C)cccc2C)cc1Cl. The average Bonchev–Trinajstić information content (AvgIpc) is 2.41. The number of aryl methyl sites for hydroxylation is 2. The molecule has 0 fully saturated rings. The van der Waals surface area contributed by atoms with Gasteiger partial charge in [-0.2, -0.15) is 0 Å². The lowest BCUT2D eigenvalue weighted by Gasteiger charge is -2.13. The topological polar surface area (TPSA) is 41.1 Å². The highest BCUT2D eigenvalue weighted by Crippen LogP contribution is 2.26. The van der Waals surface area contributed by atoms with Crippen molar-refractivity contribution >= 4 is 28.9 Å². The molecule has 0 aliphatic rings. The Bertz CT molecular complexity index is 648. The molecule has 2 aromatic rings. The first kappa shape index (κ1) is 15.4. The fraction of sp³-hybridized carbons (Fsp3) is 0.235. The largest absolute Gasteiger partial charge is 0.381 e. The smallest absolute Gasteiger partial charge is 0.221 e. The molecule has 0 heterocycles. The van der Waals surface area contributed by atoms with Crippen molar-refractivity contribution in [1.82, 2.24) is 0 Å². The van der Waals surface area contributed by atoms with E-state index < -0.39 is 0 Å². The van der Waals surface area contributed by atoms with E-state index in [4.69, 9.17) is 11.6 Å². The van der Waals surface area contributed by atoms with E-state index in [1.807, 2.05) is 12.1 Å². The summed E-state index contributed by atoms with van der Waals surface area (Å²) in [6.07, 6.45) is 0. The van der Waals surface area contributed by atoms with Gasteiger partial charge in [0, 0.05) is 19.2 Å². The van der Waals surface area contributed by atoms with Crippen LogP contribution >= 0.6 is 11.6 Å². The second kappa shape index (κ2) is 6.64. The number of nitrogens with one attached hydrogen (secondary N) is 2. The van der Waals surface area contributed by atoms with Gasteiger partial charge in [0.2, 0.25) is 5.91 Å². The number of halogens is 1. The Morgan fingerprint density at radius 1 is 1.14 bits per heavy atom.